The van der Waals surface area contributed by atoms with E-state index in [2.05, 4.69) is 19.2 Å². The van der Waals surface area contributed by atoms with Gasteiger partial charge in [-0.1, -0.05) is 251 Å². The molecule has 0 aromatic rings. The van der Waals surface area contributed by atoms with Gasteiger partial charge in [0.2, 0.25) is 5.91 Å². The second kappa shape index (κ2) is 42.8. The van der Waals surface area contributed by atoms with Crippen LogP contribution in [0.4, 0.5) is 0 Å². The molecule has 10 nitrogen and oxygen atoms in total. The molecule has 0 aromatic heterocycles. The molecule has 1 heterocycles. The summed E-state index contributed by atoms with van der Waals surface area (Å²) < 4.78 is 11.2. The molecule has 0 radical (unpaired) electrons. The molecule has 0 spiro atoms. The van der Waals surface area contributed by atoms with E-state index >= 15 is 0 Å². The zero-order valence-corrected chi connectivity index (χ0v) is 40.5. The maximum Gasteiger partial charge on any atom is 0.249 e. The first-order valence-electron chi connectivity index (χ1n) is 26.8. The predicted molar refractivity (Wildman–Crippen MR) is 255 cm³/mol. The van der Waals surface area contributed by atoms with E-state index in [0.29, 0.717) is 12.8 Å². The molecule has 1 amide bonds. The summed E-state index contributed by atoms with van der Waals surface area (Å²) in [5.41, 5.74) is 0. The Balaban J connectivity index is 2.28. The number of hydrogen-bond donors (Lipinski definition) is 7. The van der Waals surface area contributed by atoms with Crippen LogP contribution in [0.2, 0.25) is 0 Å². The summed E-state index contributed by atoms with van der Waals surface area (Å²) >= 11 is 0. The van der Waals surface area contributed by atoms with Crippen LogP contribution in [0.1, 0.15) is 264 Å². The van der Waals surface area contributed by atoms with Gasteiger partial charge in [-0.3, -0.25) is 4.79 Å². The highest BCUT2D eigenvalue weighted by Gasteiger charge is 2.44. The van der Waals surface area contributed by atoms with Gasteiger partial charge in [-0.15, -0.1) is 0 Å². The van der Waals surface area contributed by atoms with Gasteiger partial charge in [0.15, 0.2) is 6.29 Å². The zero-order chi connectivity index (χ0) is 45.3. The Morgan fingerprint density at radius 1 is 0.484 bits per heavy atom. The Morgan fingerprint density at radius 2 is 0.806 bits per heavy atom. The fourth-order valence-electron chi connectivity index (χ4n) is 8.93. The van der Waals surface area contributed by atoms with Gasteiger partial charge in [-0.2, -0.15) is 0 Å². The summed E-state index contributed by atoms with van der Waals surface area (Å²) in [5.74, 6) is -0.577. The van der Waals surface area contributed by atoms with Crippen molar-refractivity contribution in [2.75, 3.05) is 13.2 Å². The molecule has 8 unspecified atom stereocenters. The molecule has 0 bridgehead atoms. The summed E-state index contributed by atoms with van der Waals surface area (Å²) in [6.45, 7) is 3.71. The number of carbonyl (C=O) groups excluding carboxylic acids is 1. The van der Waals surface area contributed by atoms with Crippen molar-refractivity contribution in [3.05, 3.63) is 0 Å². The number of hydrogen-bond acceptors (Lipinski definition) is 9. The molecule has 0 aromatic carbocycles. The first-order valence-corrected chi connectivity index (χ1v) is 26.8. The molecular weight excluding hydrogens is 783 g/mol. The third-order valence-electron chi connectivity index (χ3n) is 13.3. The Morgan fingerprint density at radius 3 is 1.15 bits per heavy atom. The Hall–Kier alpha value is -0.850. The lowest BCUT2D eigenvalue weighted by atomic mass is 9.99. The van der Waals surface area contributed by atoms with Gasteiger partial charge < -0.3 is 45.4 Å². The molecule has 370 valence electrons. The van der Waals surface area contributed by atoms with Crippen molar-refractivity contribution in [1.82, 2.24) is 5.32 Å². The normalized spacial score (nSPS) is 20.7. The molecule has 1 saturated heterocycles. The van der Waals surface area contributed by atoms with Gasteiger partial charge in [0, 0.05) is 0 Å². The van der Waals surface area contributed by atoms with Gasteiger partial charge in [0.05, 0.1) is 25.4 Å². The van der Waals surface area contributed by atoms with E-state index in [9.17, 15) is 35.4 Å². The van der Waals surface area contributed by atoms with Crippen molar-refractivity contribution >= 4 is 5.91 Å². The van der Waals surface area contributed by atoms with Crippen molar-refractivity contribution in [3.8, 4) is 0 Å². The number of unbranched alkanes of at least 4 members (excludes halogenated alkanes) is 35. The molecule has 1 fully saturated rings. The topological polar surface area (TPSA) is 169 Å². The van der Waals surface area contributed by atoms with Gasteiger partial charge in [0.25, 0.3) is 0 Å². The molecule has 8 atom stereocenters. The van der Waals surface area contributed by atoms with Crippen molar-refractivity contribution < 1.29 is 44.9 Å². The minimum Gasteiger partial charge on any atom is -0.394 e. The first-order chi connectivity index (χ1) is 30.3. The fourth-order valence-corrected chi connectivity index (χ4v) is 8.93. The van der Waals surface area contributed by atoms with Gasteiger partial charge in [0.1, 0.15) is 30.5 Å². The second-order valence-electron chi connectivity index (χ2n) is 19.2. The summed E-state index contributed by atoms with van der Waals surface area (Å²) in [6, 6.07) is -0.888. The average molecular weight is 886 g/mol. The summed E-state index contributed by atoms with van der Waals surface area (Å²) in [5, 5.41) is 65.1. The minimum absolute atomic E-state index is 0.249. The molecule has 10 heteroatoms. The lowest BCUT2D eigenvalue weighted by molar-refractivity contribution is -0.302. The van der Waals surface area contributed by atoms with Crippen molar-refractivity contribution in [3.63, 3.8) is 0 Å². The Labute approximate surface area is 381 Å². The van der Waals surface area contributed by atoms with E-state index in [1.165, 1.54) is 199 Å². The van der Waals surface area contributed by atoms with Crippen LogP contribution in [-0.2, 0) is 14.3 Å². The second-order valence-corrected chi connectivity index (χ2v) is 19.2. The van der Waals surface area contributed by atoms with Crippen molar-refractivity contribution in [2.45, 2.75) is 313 Å². The van der Waals surface area contributed by atoms with E-state index in [1.54, 1.807) is 0 Å². The van der Waals surface area contributed by atoms with Crippen LogP contribution >= 0.6 is 0 Å². The highest BCUT2D eigenvalue weighted by Crippen LogP contribution is 2.23. The molecule has 7 N–H and O–H groups in total. The van der Waals surface area contributed by atoms with Crippen LogP contribution < -0.4 is 5.32 Å². The quantitative estimate of drug-likeness (QED) is 0.0294. The van der Waals surface area contributed by atoms with E-state index in [1.807, 2.05) is 0 Å². The van der Waals surface area contributed by atoms with Crippen LogP contribution in [0.15, 0.2) is 0 Å². The molecule has 0 aliphatic carbocycles. The summed E-state index contributed by atoms with van der Waals surface area (Å²) in [4.78, 5) is 13.1. The highest BCUT2D eigenvalue weighted by molar-refractivity contribution is 5.80. The van der Waals surface area contributed by atoms with Gasteiger partial charge in [-0.05, 0) is 12.8 Å². The Bertz CT molecular complexity index is 957. The van der Waals surface area contributed by atoms with E-state index in [4.69, 9.17) is 9.47 Å². The van der Waals surface area contributed by atoms with Crippen LogP contribution in [0.5, 0.6) is 0 Å². The number of aliphatic hydroxyl groups is 6. The molecule has 1 aliphatic rings. The van der Waals surface area contributed by atoms with E-state index < -0.39 is 61.5 Å². The number of aliphatic hydroxyl groups excluding tert-OH is 6. The maximum atomic E-state index is 13.1. The van der Waals surface area contributed by atoms with Crippen molar-refractivity contribution in [1.29, 1.82) is 0 Å². The number of amides is 1. The SMILES string of the molecule is CCCCCCCCCCCCCCCCCCCCCCCC(O)C(=O)NC(COC1OC(CO)C(O)C(O)C1O)C(O)CCCCCCCCCCCCCCCCCC. The van der Waals surface area contributed by atoms with Gasteiger partial charge in [-0.25, -0.2) is 0 Å². The van der Waals surface area contributed by atoms with E-state index in [-0.39, 0.29) is 6.61 Å². The van der Waals surface area contributed by atoms with E-state index in [0.717, 1.165) is 38.5 Å². The lowest BCUT2D eigenvalue weighted by Crippen LogP contribution is -2.60. The smallest absolute Gasteiger partial charge is 0.249 e. The zero-order valence-electron chi connectivity index (χ0n) is 40.5. The van der Waals surface area contributed by atoms with Crippen molar-refractivity contribution in [2.24, 2.45) is 0 Å². The van der Waals surface area contributed by atoms with Crippen LogP contribution in [0, 0.1) is 0 Å². The largest absolute Gasteiger partial charge is 0.394 e. The first kappa shape index (κ1) is 59.2. The summed E-state index contributed by atoms with van der Waals surface area (Å²) in [6.07, 6.45) is 38.7. The lowest BCUT2D eigenvalue weighted by Gasteiger charge is -2.40. The number of carbonyl (C=O) groups is 1. The van der Waals surface area contributed by atoms with Crippen LogP contribution in [-0.4, -0.2) is 98.7 Å². The minimum atomic E-state index is -1.59. The molecule has 0 saturated carbocycles. The molecular formula is C52H103NO9. The third-order valence-corrected chi connectivity index (χ3v) is 13.3. The third kappa shape index (κ3) is 31.9. The molecule has 62 heavy (non-hydrogen) atoms. The molecule has 1 rings (SSSR count). The Kier molecular flexibility index (Phi) is 40.8. The predicted octanol–water partition coefficient (Wildman–Crippen LogP) is 11.3. The highest BCUT2D eigenvalue weighted by atomic mass is 16.7. The fraction of sp³-hybridized carbons (Fsp3) is 0.981. The monoisotopic (exact) mass is 886 g/mol. The van der Waals surface area contributed by atoms with Crippen LogP contribution in [0.3, 0.4) is 0 Å². The van der Waals surface area contributed by atoms with Crippen LogP contribution in [0.25, 0.3) is 0 Å². The maximum absolute atomic E-state index is 13.1. The van der Waals surface area contributed by atoms with Gasteiger partial charge >= 0.3 is 0 Å². The average Bonchev–Trinajstić information content (AvgIpc) is 3.27. The summed E-state index contributed by atoms with van der Waals surface area (Å²) in [7, 11) is 0. The number of rotatable bonds is 46. The number of ether oxygens (including phenoxy) is 2. The standard InChI is InChI=1S/C52H103NO9/c1-3-5-7-9-11-13-15-17-19-21-22-23-24-25-27-29-31-33-35-37-39-41-46(56)51(60)53-44(43-61-52-50(59)49(58)48(57)47(42-54)62-52)45(55)40-38-36-34-32-30-28-26-20-18-16-14-12-10-8-6-4-2/h44-50,52,54-59H,3-43H2,1-2H3,(H,53,60). The molecule has 1 aliphatic heterocycles. The number of nitrogens with one attached hydrogen (secondary N) is 1.